The number of hydrogen-bond donors (Lipinski definition) is 2. The lowest BCUT2D eigenvalue weighted by molar-refractivity contribution is -0.116. The first-order valence-electron chi connectivity index (χ1n) is 5.34. The first-order chi connectivity index (χ1) is 7.49. The lowest BCUT2D eigenvalue weighted by Gasteiger charge is -2.09. The van der Waals surface area contributed by atoms with Gasteiger partial charge in [0.25, 0.3) is 0 Å². The molecule has 1 aromatic carbocycles. The molecule has 0 spiro atoms. The number of carbonyl (C=O) groups excluding carboxylic acids is 1. The number of rotatable bonds is 4. The molecule has 0 aliphatic carbocycles. The van der Waals surface area contributed by atoms with Gasteiger partial charge in [-0.3, -0.25) is 4.79 Å². The molecule has 3 nitrogen and oxygen atoms in total. The molecule has 0 heterocycles. The maximum atomic E-state index is 12.9. The van der Waals surface area contributed by atoms with Crippen molar-refractivity contribution >= 4 is 17.3 Å². The minimum absolute atomic E-state index is 0.133. The van der Waals surface area contributed by atoms with Crippen LogP contribution in [0.25, 0.3) is 0 Å². The Hall–Kier alpha value is -1.58. The van der Waals surface area contributed by atoms with Crippen molar-refractivity contribution in [3.63, 3.8) is 0 Å². The smallest absolute Gasteiger partial charge is 0.224 e. The van der Waals surface area contributed by atoms with E-state index < -0.39 is 5.82 Å². The Bertz CT molecular complexity index is 377. The van der Waals surface area contributed by atoms with Gasteiger partial charge in [0.1, 0.15) is 5.82 Å². The Morgan fingerprint density at radius 3 is 2.81 bits per heavy atom. The average Bonchev–Trinajstić information content (AvgIpc) is 2.20. The number of benzene rings is 1. The van der Waals surface area contributed by atoms with Crippen LogP contribution < -0.4 is 11.1 Å². The van der Waals surface area contributed by atoms with Gasteiger partial charge < -0.3 is 11.1 Å². The lowest BCUT2D eigenvalue weighted by atomic mass is 10.1. The second kappa shape index (κ2) is 5.49. The second-order valence-electron chi connectivity index (χ2n) is 4.21. The van der Waals surface area contributed by atoms with Crippen molar-refractivity contribution in [3.05, 3.63) is 24.0 Å². The van der Waals surface area contributed by atoms with Gasteiger partial charge in [-0.1, -0.05) is 13.8 Å². The van der Waals surface area contributed by atoms with Crippen molar-refractivity contribution in [1.82, 2.24) is 0 Å². The summed E-state index contributed by atoms with van der Waals surface area (Å²) in [6, 6.07) is 3.93. The van der Waals surface area contributed by atoms with E-state index >= 15 is 0 Å². The molecule has 0 bridgehead atoms. The maximum absolute atomic E-state index is 12.9. The van der Waals surface area contributed by atoms with E-state index in [0.29, 0.717) is 23.7 Å². The molecule has 3 N–H and O–H groups in total. The Morgan fingerprint density at radius 1 is 1.50 bits per heavy atom. The van der Waals surface area contributed by atoms with E-state index in [1.807, 2.05) is 13.8 Å². The van der Waals surface area contributed by atoms with Gasteiger partial charge in [-0.25, -0.2) is 4.39 Å². The quantitative estimate of drug-likeness (QED) is 0.773. The fraction of sp³-hybridized carbons (Fsp3) is 0.417. The molecule has 4 heteroatoms. The molecule has 1 rings (SSSR count). The highest BCUT2D eigenvalue weighted by Gasteiger charge is 2.07. The van der Waals surface area contributed by atoms with E-state index in [4.69, 9.17) is 5.73 Å². The molecule has 0 aliphatic heterocycles. The molecule has 0 saturated heterocycles. The van der Waals surface area contributed by atoms with Gasteiger partial charge in [-0.15, -0.1) is 0 Å². The SMILES string of the molecule is CC(C)CCC(=O)Nc1cc(F)ccc1N. The normalized spacial score (nSPS) is 10.5. The first kappa shape index (κ1) is 12.5. The van der Waals surface area contributed by atoms with Gasteiger partial charge in [-0.05, 0) is 30.5 Å². The van der Waals surface area contributed by atoms with Crippen LogP contribution in [0.3, 0.4) is 0 Å². The Balaban J connectivity index is 2.59. The van der Waals surface area contributed by atoms with E-state index in [1.165, 1.54) is 18.2 Å². The number of hydrogen-bond acceptors (Lipinski definition) is 2. The van der Waals surface area contributed by atoms with Crippen LogP contribution in [-0.4, -0.2) is 5.91 Å². The van der Waals surface area contributed by atoms with E-state index in [9.17, 15) is 9.18 Å². The molecule has 1 amide bonds. The number of carbonyl (C=O) groups is 1. The van der Waals surface area contributed by atoms with Gasteiger partial charge in [0.15, 0.2) is 0 Å². The summed E-state index contributed by atoms with van der Waals surface area (Å²) in [5, 5.41) is 2.60. The second-order valence-corrected chi connectivity index (χ2v) is 4.21. The van der Waals surface area contributed by atoms with Crippen LogP contribution in [0.15, 0.2) is 18.2 Å². The molecule has 88 valence electrons. The summed E-state index contributed by atoms with van der Waals surface area (Å²) in [5.74, 6) is -0.0741. The van der Waals surface area contributed by atoms with Gasteiger partial charge in [0, 0.05) is 6.42 Å². The van der Waals surface area contributed by atoms with Crippen LogP contribution >= 0.6 is 0 Å². The van der Waals surface area contributed by atoms with Crippen molar-refractivity contribution in [2.45, 2.75) is 26.7 Å². The standard InChI is InChI=1S/C12H17FN2O/c1-8(2)3-6-12(16)15-11-7-9(13)4-5-10(11)14/h4-5,7-8H,3,6,14H2,1-2H3,(H,15,16). The van der Waals surface area contributed by atoms with Gasteiger partial charge in [0.05, 0.1) is 11.4 Å². The monoisotopic (exact) mass is 224 g/mol. The van der Waals surface area contributed by atoms with Crippen molar-refractivity contribution in [2.75, 3.05) is 11.1 Å². The zero-order chi connectivity index (χ0) is 12.1. The number of nitrogens with two attached hydrogens (primary N) is 1. The largest absolute Gasteiger partial charge is 0.397 e. The highest BCUT2D eigenvalue weighted by Crippen LogP contribution is 2.19. The van der Waals surface area contributed by atoms with Crippen molar-refractivity contribution < 1.29 is 9.18 Å². The van der Waals surface area contributed by atoms with Gasteiger partial charge >= 0.3 is 0 Å². The maximum Gasteiger partial charge on any atom is 0.224 e. The molecule has 16 heavy (non-hydrogen) atoms. The number of nitrogens with one attached hydrogen (secondary N) is 1. The third kappa shape index (κ3) is 3.88. The van der Waals surface area contributed by atoms with Crippen molar-refractivity contribution in [2.24, 2.45) is 5.92 Å². The Labute approximate surface area is 94.8 Å². The molecule has 1 aromatic rings. The number of halogens is 1. The molecule has 0 aromatic heterocycles. The van der Waals surface area contributed by atoms with Crippen LogP contribution in [0.1, 0.15) is 26.7 Å². The van der Waals surface area contributed by atoms with Crippen LogP contribution in [0.4, 0.5) is 15.8 Å². The third-order valence-corrected chi connectivity index (χ3v) is 2.24. The number of anilines is 2. The van der Waals surface area contributed by atoms with E-state index in [2.05, 4.69) is 5.32 Å². The third-order valence-electron chi connectivity index (χ3n) is 2.24. The summed E-state index contributed by atoms with van der Waals surface area (Å²) in [6.07, 6.45) is 1.23. The zero-order valence-corrected chi connectivity index (χ0v) is 9.59. The minimum atomic E-state index is -0.409. The molecule has 0 radical (unpaired) electrons. The summed E-state index contributed by atoms with van der Waals surface area (Å²) >= 11 is 0. The molecule has 0 unspecified atom stereocenters. The predicted octanol–water partition coefficient (Wildman–Crippen LogP) is 2.78. The molecular weight excluding hydrogens is 207 g/mol. The molecule has 0 fully saturated rings. The molecule has 0 atom stereocenters. The summed E-state index contributed by atoms with van der Waals surface area (Å²) < 4.78 is 12.9. The van der Waals surface area contributed by atoms with Gasteiger partial charge in [0.2, 0.25) is 5.91 Å². The van der Waals surface area contributed by atoms with Gasteiger partial charge in [-0.2, -0.15) is 0 Å². The summed E-state index contributed by atoms with van der Waals surface area (Å²) in [6.45, 7) is 4.09. The van der Waals surface area contributed by atoms with Crippen molar-refractivity contribution in [3.8, 4) is 0 Å². The van der Waals surface area contributed by atoms with Crippen LogP contribution in [0.5, 0.6) is 0 Å². The number of amides is 1. The molecular formula is C12H17FN2O. The fourth-order valence-corrected chi connectivity index (χ4v) is 1.27. The number of nitrogen functional groups attached to an aromatic ring is 1. The highest BCUT2D eigenvalue weighted by atomic mass is 19.1. The van der Waals surface area contributed by atoms with Crippen molar-refractivity contribution in [1.29, 1.82) is 0 Å². The Morgan fingerprint density at radius 2 is 2.19 bits per heavy atom. The molecule has 0 saturated carbocycles. The van der Waals surface area contributed by atoms with E-state index in [1.54, 1.807) is 0 Å². The summed E-state index contributed by atoms with van der Waals surface area (Å²) in [4.78, 5) is 11.5. The topological polar surface area (TPSA) is 55.1 Å². The van der Waals surface area contributed by atoms with Crippen LogP contribution in [0, 0.1) is 11.7 Å². The van der Waals surface area contributed by atoms with E-state index in [0.717, 1.165) is 6.42 Å². The summed E-state index contributed by atoms with van der Waals surface area (Å²) in [5.41, 5.74) is 6.33. The molecule has 0 aliphatic rings. The predicted molar refractivity (Wildman–Crippen MR) is 63.5 cm³/mol. The Kier molecular flexibility index (Phi) is 4.28. The zero-order valence-electron chi connectivity index (χ0n) is 9.59. The highest BCUT2D eigenvalue weighted by molar-refractivity contribution is 5.93. The summed E-state index contributed by atoms with van der Waals surface area (Å²) in [7, 11) is 0. The van der Waals surface area contributed by atoms with E-state index in [-0.39, 0.29) is 5.91 Å². The lowest BCUT2D eigenvalue weighted by Crippen LogP contribution is -2.13. The minimum Gasteiger partial charge on any atom is -0.397 e. The van der Waals surface area contributed by atoms with Crippen LogP contribution in [0.2, 0.25) is 0 Å². The average molecular weight is 224 g/mol. The van der Waals surface area contributed by atoms with Crippen LogP contribution in [-0.2, 0) is 4.79 Å². The first-order valence-corrected chi connectivity index (χ1v) is 5.34. The fourth-order valence-electron chi connectivity index (χ4n) is 1.27.